The molecule has 3 saturated heterocycles. The van der Waals surface area contributed by atoms with Crippen molar-refractivity contribution in [3.05, 3.63) is 96.1 Å². The minimum absolute atomic E-state index is 0.0259. The van der Waals surface area contributed by atoms with E-state index < -0.39 is 147 Å². The van der Waals surface area contributed by atoms with Gasteiger partial charge < -0.3 is 119 Å². The first-order valence-corrected chi connectivity index (χ1v) is 24.3. The Bertz CT molecular complexity index is 3010. The van der Waals surface area contributed by atoms with E-state index in [4.69, 9.17) is 51.8 Å². The van der Waals surface area contributed by atoms with Gasteiger partial charge in [-0.25, -0.2) is 14.0 Å². The number of aliphatic hydroxyl groups excluding tert-OH is 9. The monoisotopic (exact) mass is 1130 g/mol. The van der Waals surface area contributed by atoms with E-state index in [-0.39, 0.29) is 56.6 Å². The lowest BCUT2D eigenvalue weighted by atomic mass is 9.97. The lowest BCUT2D eigenvalue weighted by Crippen LogP contribution is -2.65. The number of carbonyl (C=O) groups excluding carboxylic acids is 2. The molecule has 80 heavy (non-hydrogen) atoms. The Morgan fingerprint density at radius 2 is 1.14 bits per heavy atom. The van der Waals surface area contributed by atoms with Crippen LogP contribution in [0.25, 0.3) is 34.4 Å². The van der Waals surface area contributed by atoms with Crippen LogP contribution in [0.15, 0.2) is 89.4 Å². The molecule has 0 spiro atoms. The number of carbonyl (C=O) groups is 2. The molecule has 0 saturated carbocycles. The molecule has 15 unspecified atom stereocenters. The predicted molar refractivity (Wildman–Crippen MR) is 268 cm³/mol. The summed E-state index contributed by atoms with van der Waals surface area (Å²) in [7, 11) is 2.55. The van der Waals surface area contributed by atoms with Gasteiger partial charge in [-0.1, -0.05) is 12.1 Å². The van der Waals surface area contributed by atoms with Crippen molar-refractivity contribution >= 4 is 35.1 Å². The molecule has 0 amide bonds. The fourth-order valence-corrected chi connectivity index (χ4v) is 8.68. The summed E-state index contributed by atoms with van der Waals surface area (Å²) in [6.45, 7) is -2.60. The van der Waals surface area contributed by atoms with Crippen molar-refractivity contribution in [1.82, 2.24) is 0 Å². The second kappa shape index (κ2) is 25.2. The highest BCUT2D eigenvalue weighted by molar-refractivity contribution is 5.90. The summed E-state index contributed by atoms with van der Waals surface area (Å²) in [6.07, 6.45) is -24.4. The summed E-state index contributed by atoms with van der Waals surface area (Å²) in [5.41, 5.74) is 0.453. The molecule has 430 valence electrons. The van der Waals surface area contributed by atoms with Gasteiger partial charge in [0.1, 0.15) is 90.3 Å². The molecule has 0 bridgehead atoms. The molecule has 8 rings (SSSR count). The van der Waals surface area contributed by atoms with Crippen LogP contribution in [0.4, 0.5) is 0 Å². The van der Waals surface area contributed by atoms with Crippen LogP contribution in [-0.4, -0.2) is 210 Å². The summed E-state index contributed by atoms with van der Waals surface area (Å²) >= 11 is 0. The van der Waals surface area contributed by atoms with Crippen molar-refractivity contribution in [2.75, 3.05) is 34.0 Å². The summed E-state index contributed by atoms with van der Waals surface area (Å²) in [6, 6.07) is 15.1. The van der Waals surface area contributed by atoms with Crippen LogP contribution in [-0.2, 0) is 38.0 Å². The van der Waals surface area contributed by atoms with Crippen LogP contribution >= 0.6 is 0 Å². The van der Waals surface area contributed by atoms with Crippen molar-refractivity contribution in [2.45, 2.75) is 92.1 Å². The average molecular weight is 1130 g/mol. The van der Waals surface area contributed by atoms with Gasteiger partial charge in [0.2, 0.25) is 24.1 Å². The van der Waals surface area contributed by atoms with Gasteiger partial charge in [-0.2, -0.15) is 0 Å². The second-order valence-corrected chi connectivity index (χ2v) is 18.3. The van der Waals surface area contributed by atoms with E-state index in [0.29, 0.717) is 5.56 Å². The van der Waals surface area contributed by atoms with E-state index in [1.165, 1.54) is 74.9 Å². The Hall–Kier alpha value is -7.61. The van der Waals surface area contributed by atoms with Gasteiger partial charge in [-0.15, -0.1) is 0 Å². The van der Waals surface area contributed by atoms with Crippen molar-refractivity contribution in [3.63, 3.8) is 0 Å². The summed E-state index contributed by atoms with van der Waals surface area (Å²) in [5, 5.41) is 150. The third-order valence-corrected chi connectivity index (χ3v) is 13.0. The van der Waals surface area contributed by atoms with Crippen LogP contribution in [0.5, 0.6) is 51.7 Å². The number of rotatable bonds is 18. The second-order valence-electron chi connectivity index (χ2n) is 18.3. The highest BCUT2D eigenvalue weighted by Crippen LogP contribution is 2.44. The number of aromatic hydroxyl groups is 5. The fraction of sp³-hybridized carbons (Fsp3) is 0.377. The minimum Gasteiger partial charge on any atom is -0.508 e. The van der Waals surface area contributed by atoms with E-state index in [9.17, 15) is 81.1 Å². The van der Waals surface area contributed by atoms with Crippen LogP contribution in [0.2, 0.25) is 0 Å². The van der Waals surface area contributed by atoms with Crippen LogP contribution < -0.4 is 18.9 Å². The number of hydrogen-bond acceptors (Lipinski definition) is 26. The maximum absolute atomic E-state index is 13.5. The van der Waals surface area contributed by atoms with Crippen LogP contribution in [0.3, 0.4) is 0 Å². The molecule has 1 aromatic heterocycles. The molecule has 4 aromatic carbocycles. The molecular weight excluding hydrogens is 1070 g/mol. The molecule has 3 fully saturated rings. The highest BCUT2D eigenvalue weighted by atomic mass is 16.8. The number of phenolic OH excluding ortho intramolecular Hbond substituents is 5. The number of methoxy groups -OCH3 is 2. The zero-order valence-electron chi connectivity index (χ0n) is 42.1. The lowest BCUT2D eigenvalue weighted by Gasteiger charge is -2.46. The smallest absolute Gasteiger partial charge is 0.402 e. The summed E-state index contributed by atoms with van der Waals surface area (Å²) < 4.78 is 63.6. The van der Waals surface area contributed by atoms with Gasteiger partial charge in [0.05, 0.1) is 39.1 Å². The topological polar surface area (TPSA) is 421 Å². The van der Waals surface area contributed by atoms with Crippen molar-refractivity contribution < 1.29 is 133 Å². The first-order chi connectivity index (χ1) is 38.2. The number of ether oxygens (including phenoxy) is 10. The summed E-state index contributed by atoms with van der Waals surface area (Å²) in [5.74, 6) is -5.53. The number of fused-ring (bicyclic) bond motifs is 1. The molecule has 14 N–H and O–H groups in total. The van der Waals surface area contributed by atoms with E-state index in [0.717, 1.165) is 36.4 Å². The quantitative estimate of drug-likeness (QED) is 0.0230. The van der Waals surface area contributed by atoms with Gasteiger partial charge in [0.15, 0.2) is 41.5 Å². The SMILES string of the molecule is COc1cc(C=CC(=O)OC2C(OC3C(Oc4cc5c(OC6OC(CO)C(O)C(O)C6O)cc(O)cc5[o+]c4-c4ccc(O)c(O)c4)OC(COC(=O)C=Cc4ccc(O)cc4)C(O)C3O)OC(CO)C(O)C2O)cc(OC)c1O. The third kappa shape index (κ3) is 12.9. The molecule has 3 aliphatic rings. The first kappa shape index (κ1) is 58.5. The van der Waals surface area contributed by atoms with Gasteiger partial charge in [0.25, 0.3) is 0 Å². The molecular formula is C53H57O27+. The molecule has 27 nitrogen and oxygen atoms in total. The largest absolute Gasteiger partial charge is 0.508 e. The Balaban J connectivity index is 1.18. The van der Waals surface area contributed by atoms with Gasteiger partial charge in [0, 0.05) is 30.4 Å². The van der Waals surface area contributed by atoms with E-state index in [2.05, 4.69) is 0 Å². The first-order valence-electron chi connectivity index (χ1n) is 24.3. The minimum atomic E-state index is -2.19. The molecule has 0 radical (unpaired) electrons. The highest BCUT2D eigenvalue weighted by Gasteiger charge is 2.54. The van der Waals surface area contributed by atoms with Crippen molar-refractivity contribution in [2.24, 2.45) is 0 Å². The molecule has 3 aliphatic heterocycles. The zero-order chi connectivity index (χ0) is 57.7. The molecule has 15 atom stereocenters. The zero-order valence-corrected chi connectivity index (χ0v) is 42.1. The maximum atomic E-state index is 13.5. The van der Waals surface area contributed by atoms with Crippen molar-refractivity contribution in [1.29, 1.82) is 0 Å². The number of phenols is 5. The Kier molecular flexibility index (Phi) is 18.5. The number of hydrogen-bond donors (Lipinski definition) is 14. The molecule has 0 aliphatic carbocycles. The molecule has 4 heterocycles. The van der Waals surface area contributed by atoms with Crippen molar-refractivity contribution in [3.8, 4) is 63.1 Å². The van der Waals surface area contributed by atoms with Crippen LogP contribution in [0.1, 0.15) is 11.1 Å². The lowest BCUT2D eigenvalue weighted by molar-refractivity contribution is -0.358. The van der Waals surface area contributed by atoms with E-state index in [1.807, 2.05) is 0 Å². The predicted octanol–water partition coefficient (Wildman–Crippen LogP) is -0.364. The fourth-order valence-electron chi connectivity index (χ4n) is 8.68. The maximum Gasteiger partial charge on any atom is 0.402 e. The van der Waals surface area contributed by atoms with Gasteiger partial charge in [-0.3, -0.25) is 0 Å². The van der Waals surface area contributed by atoms with Gasteiger partial charge in [-0.05, 0) is 59.7 Å². The number of aliphatic hydroxyl groups is 9. The Labute approximate surface area is 452 Å². The number of benzene rings is 4. The summed E-state index contributed by atoms with van der Waals surface area (Å²) in [4.78, 5) is 26.5. The standard InChI is InChI=1S/C53H56O27/c1-70-32-13-23(14-33(71-2)40(32)62)6-12-39(61)79-49-45(67)42(64)36(20-55)77-53(49)80-50-46(68)43(65)37(21-72-38(60)11-5-22-3-8-25(56)9-4-22)78-52(50)75-34-18-27-30(73-48(34)24-7-10-28(58)29(59)15-24)16-26(57)17-31(27)74-51-47(69)44(66)41(63)35(19-54)76-51/h3-18,35-37,41-47,49-55,63-69H,19-21H2,1-2H3,(H4-,56,57,58,59,60,61,62)/p+1. The van der Waals surface area contributed by atoms with E-state index >= 15 is 0 Å². The molecule has 27 heteroatoms. The van der Waals surface area contributed by atoms with Gasteiger partial charge >= 0.3 is 23.3 Å². The van der Waals surface area contributed by atoms with E-state index in [1.54, 1.807) is 0 Å². The Morgan fingerprint density at radius 3 is 1.79 bits per heavy atom. The molecule has 5 aromatic rings. The number of esters is 2. The average Bonchev–Trinajstić information content (AvgIpc) is 3.50. The van der Waals surface area contributed by atoms with Crippen LogP contribution in [0, 0.1) is 0 Å². The third-order valence-electron chi connectivity index (χ3n) is 13.0. The normalized spacial score (nSPS) is 28.9. The Morgan fingerprint density at radius 1 is 0.550 bits per heavy atom.